The molecule has 0 saturated carbocycles. The first-order chi connectivity index (χ1) is 17.3. The van der Waals surface area contributed by atoms with Gasteiger partial charge in [0.15, 0.2) is 6.10 Å². The number of anilines is 1. The van der Waals surface area contributed by atoms with Gasteiger partial charge in [0.2, 0.25) is 0 Å². The van der Waals surface area contributed by atoms with Crippen LogP contribution in [-0.2, 0) is 4.79 Å². The van der Waals surface area contributed by atoms with Crippen molar-refractivity contribution in [3.63, 3.8) is 0 Å². The van der Waals surface area contributed by atoms with Crippen LogP contribution in [0.15, 0.2) is 84.9 Å². The summed E-state index contributed by atoms with van der Waals surface area (Å²) in [6.07, 6.45) is -0.639. The summed E-state index contributed by atoms with van der Waals surface area (Å²) in [5.74, 6) is 0.756. The zero-order valence-electron chi connectivity index (χ0n) is 20.9. The molecule has 0 aliphatic carbocycles. The molecule has 3 nitrogen and oxygen atoms in total. The molecule has 36 heavy (non-hydrogen) atoms. The molecule has 1 amide bonds. The Bertz CT molecular complexity index is 1760. The van der Waals surface area contributed by atoms with Crippen molar-refractivity contribution in [1.29, 1.82) is 0 Å². The number of rotatable bonds is 4. The second-order valence-corrected chi connectivity index (χ2v) is 13.1. The number of carbonyl (C=O) groups is 1. The van der Waals surface area contributed by atoms with E-state index in [0.29, 0.717) is 16.4 Å². The van der Waals surface area contributed by atoms with E-state index in [1.54, 1.807) is 4.90 Å². The van der Waals surface area contributed by atoms with Gasteiger partial charge in [0.1, 0.15) is 5.75 Å². The normalized spacial score (nSPS) is 13.4. The second-order valence-electron chi connectivity index (χ2n) is 10.5. The van der Waals surface area contributed by atoms with Gasteiger partial charge in [0, 0.05) is 33.5 Å². The molecule has 4 aromatic carbocycles. The Hall–Kier alpha value is -3.25. The van der Waals surface area contributed by atoms with E-state index in [4.69, 9.17) is 4.74 Å². The standard InChI is InChI=1S/C31H29NO2P2/c1-31(2,3)29(34-22-14-10-18-26-28(22)20-12-6-8-16-24(20)36-26)30(33)32(4)21-13-9-17-25-27(21)19-11-5-7-15-23(19)35-25/h5-18,29,35-36H,1-4H3/t29-/m1/s1. The van der Waals surface area contributed by atoms with Gasteiger partial charge in [0.25, 0.3) is 5.91 Å². The maximum atomic E-state index is 14.2. The average molecular weight is 510 g/mol. The number of hydrogen-bond acceptors (Lipinski definition) is 2. The molecule has 180 valence electrons. The smallest absolute Gasteiger partial charge is 0.268 e. The summed E-state index contributed by atoms with van der Waals surface area (Å²) in [4.78, 5) is 16.0. The van der Waals surface area contributed by atoms with Gasteiger partial charge in [-0.3, -0.25) is 4.79 Å². The Labute approximate surface area is 214 Å². The van der Waals surface area contributed by atoms with Gasteiger partial charge in [-0.25, -0.2) is 0 Å². The molecule has 3 atom stereocenters. The van der Waals surface area contributed by atoms with E-state index in [9.17, 15) is 4.79 Å². The molecule has 0 N–H and O–H groups in total. The lowest BCUT2D eigenvalue weighted by atomic mass is 9.87. The van der Waals surface area contributed by atoms with Crippen LogP contribution in [0, 0.1) is 5.41 Å². The minimum Gasteiger partial charge on any atom is -0.479 e. The molecule has 0 aliphatic rings. The summed E-state index contributed by atoms with van der Waals surface area (Å²) in [5.41, 5.74) is 0.546. The van der Waals surface area contributed by atoms with Crippen molar-refractivity contribution >= 4 is 70.0 Å². The number of benzene rings is 4. The highest BCUT2D eigenvalue weighted by Gasteiger charge is 2.37. The van der Waals surface area contributed by atoms with Crippen LogP contribution in [-0.4, -0.2) is 19.1 Å². The highest BCUT2D eigenvalue weighted by atomic mass is 31.0. The molecular weight excluding hydrogens is 480 g/mol. The van der Waals surface area contributed by atoms with Crippen LogP contribution in [0.5, 0.6) is 5.75 Å². The van der Waals surface area contributed by atoms with E-state index < -0.39 is 11.5 Å². The molecule has 0 fully saturated rings. The molecule has 2 aromatic heterocycles. The maximum Gasteiger partial charge on any atom is 0.268 e. The number of ether oxygens (including phenoxy) is 1. The van der Waals surface area contributed by atoms with E-state index in [1.807, 2.05) is 19.2 Å². The largest absolute Gasteiger partial charge is 0.479 e. The quantitative estimate of drug-likeness (QED) is 0.238. The van der Waals surface area contributed by atoms with Gasteiger partial charge in [-0.05, 0) is 33.1 Å². The molecule has 6 aromatic rings. The van der Waals surface area contributed by atoms with E-state index in [-0.39, 0.29) is 5.91 Å². The highest BCUT2D eigenvalue weighted by Crippen LogP contribution is 2.45. The topological polar surface area (TPSA) is 29.5 Å². The van der Waals surface area contributed by atoms with E-state index in [1.165, 1.54) is 36.6 Å². The lowest BCUT2D eigenvalue weighted by molar-refractivity contribution is -0.129. The third-order valence-corrected chi connectivity index (χ3v) is 9.73. The molecule has 0 saturated heterocycles. The Balaban J connectivity index is 1.44. The summed E-state index contributed by atoms with van der Waals surface area (Å²) in [5, 5.41) is 9.99. The minimum absolute atomic E-state index is 0.0325. The number of nitrogens with zero attached hydrogens (tertiary/aromatic N) is 1. The first kappa shape index (κ1) is 23.2. The number of hydrogen-bond donors (Lipinski definition) is 0. The van der Waals surface area contributed by atoms with Crippen molar-refractivity contribution in [1.82, 2.24) is 0 Å². The third-order valence-electron chi connectivity index (χ3n) is 6.95. The van der Waals surface area contributed by atoms with Crippen molar-refractivity contribution in [3.8, 4) is 5.75 Å². The van der Waals surface area contributed by atoms with Gasteiger partial charge in [-0.2, -0.15) is 0 Å². The van der Waals surface area contributed by atoms with Gasteiger partial charge in [-0.1, -0.05) is 93.6 Å². The lowest BCUT2D eigenvalue weighted by Crippen LogP contribution is -2.47. The predicted octanol–water partition coefficient (Wildman–Crippen LogP) is 8.82. The van der Waals surface area contributed by atoms with Crippen molar-refractivity contribution in [3.05, 3.63) is 84.9 Å². The molecule has 2 unspecified atom stereocenters. The highest BCUT2D eigenvalue weighted by molar-refractivity contribution is 7.44. The first-order valence-corrected chi connectivity index (χ1v) is 14.3. The number of carbonyl (C=O) groups excluding carboxylic acids is 1. The van der Waals surface area contributed by atoms with Crippen LogP contribution in [0.25, 0.3) is 42.0 Å². The summed E-state index contributed by atoms with van der Waals surface area (Å²) in [7, 11) is 3.11. The van der Waals surface area contributed by atoms with Crippen LogP contribution in [0.2, 0.25) is 0 Å². The first-order valence-electron chi connectivity index (χ1n) is 12.3. The van der Waals surface area contributed by atoms with Crippen molar-refractivity contribution < 1.29 is 9.53 Å². The van der Waals surface area contributed by atoms with Gasteiger partial charge >= 0.3 is 0 Å². The third kappa shape index (κ3) is 3.79. The van der Waals surface area contributed by atoms with Crippen molar-refractivity contribution in [2.45, 2.75) is 26.9 Å². The molecule has 6 rings (SSSR count). The molecule has 0 spiro atoms. The number of amides is 1. The zero-order chi connectivity index (χ0) is 25.0. The monoisotopic (exact) mass is 509 g/mol. The minimum atomic E-state index is -0.639. The van der Waals surface area contributed by atoms with Crippen molar-refractivity contribution in [2.24, 2.45) is 5.41 Å². The molecule has 0 aliphatic heterocycles. The molecule has 0 bridgehead atoms. The van der Waals surface area contributed by atoms with Crippen LogP contribution >= 0.6 is 16.4 Å². The number of likely N-dealkylation sites (N-methyl/N-ethyl adjacent to an activating group) is 1. The second kappa shape index (κ2) is 8.70. The fourth-order valence-electron chi connectivity index (χ4n) is 5.15. The van der Waals surface area contributed by atoms with Gasteiger partial charge in [-0.15, -0.1) is 16.4 Å². The number of fused-ring (bicyclic) bond motifs is 6. The fraction of sp³-hybridized carbons (Fsp3) is 0.194. The predicted molar refractivity (Wildman–Crippen MR) is 159 cm³/mol. The molecule has 0 radical (unpaired) electrons. The summed E-state index contributed by atoms with van der Waals surface area (Å²) in [6.45, 7) is 6.23. The zero-order valence-corrected chi connectivity index (χ0v) is 22.9. The summed E-state index contributed by atoms with van der Waals surface area (Å²) < 4.78 is 6.69. The molecule has 5 heteroatoms. The van der Waals surface area contributed by atoms with Gasteiger partial charge in [0.05, 0.1) is 5.69 Å². The van der Waals surface area contributed by atoms with Crippen LogP contribution in [0.4, 0.5) is 5.69 Å². The average Bonchev–Trinajstić information content (AvgIpc) is 3.44. The van der Waals surface area contributed by atoms with Crippen LogP contribution in [0.3, 0.4) is 0 Å². The molecular formula is C31H29NO2P2. The Morgan fingerprint density at radius 3 is 1.89 bits per heavy atom. The van der Waals surface area contributed by atoms with Crippen LogP contribution in [0.1, 0.15) is 20.8 Å². The Morgan fingerprint density at radius 2 is 1.25 bits per heavy atom. The van der Waals surface area contributed by atoms with E-state index in [2.05, 4.69) is 93.6 Å². The maximum absolute atomic E-state index is 14.2. The Morgan fingerprint density at radius 1 is 0.722 bits per heavy atom. The fourth-order valence-corrected chi connectivity index (χ4v) is 7.90. The van der Waals surface area contributed by atoms with Gasteiger partial charge < -0.3 is 9.64 Å². The SMILES string of the molecule is CN(C(=O)[C@@H](Oc1cccc2[pH]c3ccccc3c12)C(C)(C)C)c1cccc2[pH]c3ccccc3c12. The van der Waals surface area contributed by atoms with Crippen molar-refractivity contribution in [2.75, 3.05) is 11.9 Å². The van der Waals surface area contributed by atoms with E-state index in [0.717, 1.165) is 16.8 Å². The molecule has 2 heterocycles. The summed E-state index contributed by atoms with van der Waals surface area (Å²) in [6, 6.07) is 29.6. The lowest BCUT2D eigenvalue weighted by Gasteiger charge is -2.33. The van der Waals surface area contributed by atoms with E-state index >= 15 is 0 Å². The summed E-state index contributed by atoms with van der Waals surface area (Å²) >= 11 is 0. The van der Waals surface area contributed by atoms with Crippen LogP contribution < -0.4 is 9.64 Å². The Kier molecular flexibility index (Phi) is 5.60.